The second-order valence-electron chi connectivity index (χ2n) is 5.71. The smallest absolute Gasteiger partial charge is 0.270 e. The van der Waals surface area contributed by atoms with Crippen molar-refractivity contribution in [3.63, 3.8) is 0 Å². The van der Waals surface area contributed by atoms with Crippen LogP contribution >= 0.6 is 11.3 Å². The topological polar surface area (TPSA) is 119 Å². The minimum atomic E-state index is -3.42. The summed E-state index contributed by atoms with van der Waals surface area (Å²) in [5.74, 6) is -0.483. The van der Waals surface area contributed by atoms with Crippen LogP contribution in [-0.2, 0) is 14.6 Å². The van der Waals surface area contributed by atoms with Gasteiger partial charge in [-0.05, 0) is 24.6 Å². The molecular weight excluding hydrogens is 390 g/mol. The van der Waals surface area contributed by atoms with Crippen LogP contribution in [0.25, 0.3) is 10.2 Å². The van der Waals surface area contributed by atoms with Crippen LogP contribution in [0.1, 0.15) is 12.8 Å². The third-order valence-electron chi connectivity index (χ3n) is 3.75. The molecule has 0 fully saturated rings. The van der Waals surface area contributed by atoms with Crippen LogP contribution in [0, 0.1) is 10.1 Å². The van der Waals surface area contributed by atoms with E-state index in [1.54, 1.807) is 18.2 Å². The number of hydrogen-bond donors (Lipinski definition) is 1. The lowest BCUT2D eigenvalue weighted by molar-refractivity contribution is -0.384. The molecule has 0 radical (unpaired) electrons. The Labute approximate surface area is 158 Å². The van der Waals surface area contributed by atoms with Crippen LogP contribution in [0.5, 0.6) is 0 Å². The average Bonchev–Trinajstić information content (AvgIpc) is 3.03. The highest BCUT2D eigenvalue weighted by atomic mass is 32.2. The number of carbonyl (C=O) groups excluding carboxylic acids is 1. The van der Waals surface area contributed by atoms with Crippen molar-refractivity contribution in [1.82, 2.24) is 4.98 Å². The Morgan fingerprint density at radius 1 is 1.19 bits per heavy atom. The summed E-state index contributed by atoms with van der Waals surface area (Å²) in [5, 5.41) is 13.7. The maximum atomic E-state index is 12.2. The number of non-ortho nitro benzene ring substituents is 1. The lowest BCUT2D eigenvalue weighted by Crippen LogP contribution is -2.14. The SMILES string of the molecule is O=C(CCCS(=O)(=O)c1ccccc1)Nc1nc2ccc([N+](=O)[O-])cc2s1. The Balaban J connectivity index is 1.58. The van der Waals surface area contributed by atoms with Crippen molar-refractivity contribution in [2.24, 2.45) is 0 Å². The first-order valence-corrected chi connectivity index (χ1v) is 10.4. The highest BCUT2D eigenvalue weighted by Crippen LogP contribution is 2.29. The van der Waals surface area contributed by atoms with Gasteiger partial charge in [-0.3, -0.25) is 14.9 Å². The van der Waals surface area contributed by atoms with Gasteiger partial charge in [0.15, 0.2) is 15.0 Å². The van der Waals surface area contributed by atoms with E-state index >= 15 is 0 Å². The molecule has 3 rings (SSSR count). The van der Waals surface area contributed by atoms with Crippen molar-refractivity contribution in [3.8, 4) is 0 Å². The van der Waals surface area contributed by atoms with Crippen LogP contribution in [0.15, 0.2) is 53.4 Å². The molecule has 27 heavy (non-hydrogen) atoms. The number of rotatable bonds is 7. The molecule has 0 aliphatic carbocycles. The van der Waals surface area contributed by atoms with Gasteiger partial charge in [-0.15, -0.1) is 0 Å². The second-order valence-corrected chi connectivity index (χ2v) is 8.85. The molecule has 1 amide bonds. The molecule has 2 aromatic carbocycles. The number of anilines is 1. The normalized spacial score (nSPS) is 11.4. The van der Waals surface area contributed by atoms with Gasteiger partial charge in [-0.25, -0.2) is 13.4 Å². The number of nitrogens with zero attached hydrogens (tertiary/aromatic N) is 2. The van der Waals surface area contributed by atoms with E-state index in [4.69, 9.17) is 0 Å². The largest absolute Gasteiger partial charge is 0.302 e. The van der Waals surface area contributed by atoms with E-state index < -0.39 is 14.8 Å². The average molecular weight is 405 g/mol. The summed E-state index contributed by atoms with van der Waals surface area (Å²) in [6.45, 7) is 0. The molecule has 1 N–H and O–H groups in total. The lowest BCUT2D eigenvalue weighted by Gasteiger charge is -2.04. The summed E-state index contributed by atoms with van der Waals surface area (Å²) in [5.41, 5.74) is 0.503. The minimum Gasteiger partial charge on any atom is -0.302 e. The number of nitro groups is 1. The fourth-order valence-corrected chi connectivity index (χ4v) is 4.68. The molecule has 8 nitrogen and oxygen atoms in total. The standard InChI is InChI=1S/C17H15N3O5S2/c21-16(7-4-10-27(24,25)13-5-2-1-3-6-13)19-17-18-14-9-8-12(20(22)23)11-15(14)26-17/h1-3,5-6,8-9,11H,4,7,10H2,(H,18,19,21). The lowest BCUT2D eigenvalue weighted by atomic mass is 10.3. The number of aromatic nitrogens is 1. The van der Waals surface area contributed by atoms with Crippen LogP contribution < -0.4 is 5.32 Å². The molecule has 0 saturated heterocycles. The molecule has 0 unspecified atom stereocenters. The highest BCUT2D eigenvalue weighted by Gasteiger charge is 2.16. The third-order valence-corrected chi connectivity index (χ3v) is 6.50. The number of amides is 1. The van der Waals surface area contributed by atoms with Crippen molar-refractivity contribution < 1.29 is 18.1 Å². The second kappa shape index (κ2) is 7.80. The first-order valence-electron chi connectivity index (χ1n) is 7.98. The van der Waals surface area contributed by atoms with E-state index in [2.05, 4.69) is 10.3 Å². The summed E-state index contributed by atoms with van der Waals surface area (Å²) < 4.78 is 24.9. The maximum Gasteiger partial charge on any atom is 0.270 e. The predicted molar refractivity (Wildman–Crippen MR) is 103 cm³/mol. The summed E-state index contributed by atoms with van der Waals surface area (Å²) in [6.07, 6.45) is 0.210. The Bertz CT molecular complexity index is 1090. The summed E-state index contributed by atoms with van der Waals surface area (Å²) >= 11 is 1.13. The van der Waals surface area contributed by atoms with E-state index in [9.17, 15) is 23.3 Å². The van der Waals surface area contributed by atoms with Crippen molar-refractivity contribution in [3.05, 3.63) is 58.6 Å². The summed E-state index contributed by atoms with van der Waals surface area (Å²) in [4.78, 5) is 26.8. The first kappa shape index (κ1) is 18.9. The van der Waals surface area contributed by atoms with E-state index in [0.29, 0.717) is 15.3 Å². The fourth-order valence-electron chi connectivity index (χ4n) is 2.43. The van der Waals surface area contributed by atoms with Gasteiger partial charge in [0.1, 0.15) is 0 Å². The van der Waals surface area contributed by atoms with Crippen LogP contribution in [-0.4, -0.2) is 30.0 Å². The first-order chi connectivity index (χ1) is 12.8. The molecule has 1 aromatic heterocycles. The molecule has 0 saturated carbocycles. The molecule has 0 aliphatic heterocycles. The van der Waals surface area contributed by atoms with Crippen molar-refractivity contribution in [1.29, 1.82) is 0 Å². The fraction of sp³-hybridized carbons (Fsp3) is 0.176. The minimum absolute atomic E-state index is 0.0299. The van der Waals surface area contributed by atoms with Gasteiger partial charge in [-0.2, -0.15) is 0 Å². The van der Waals surface area contributed by atoms with E-state index in [0.717, 1.165) is 11.3 Å². The predicted octanol–water partition coefficient (Wildman–Crippen LogP) is 3.40. The Morgan fingerprint density at radius 2 is 1.93 bits per heavy atom. The number of fused-ring (bicyclic) bond motifs is 1. The van der Waals surface area contributed by atoms with Gasteiger partial charge < -0.3 is 5.32 Å². The zero-order valence-electron chi connectivity index (χ0n) is 14.0. The van der Waals surface area contributed by atoms with Crippen LogP contribution in [0.2, 0.25) is 0 Å². The monoisotopic (exact) mass is 405 g/mol. The number of thiazole rings is 1. The Hall–Kier alpha value is -2.85. The maximum absolute atomic E-state index is 12.2. The molecule has 1 heterocycles. The number of nitro benzene ring substituents is 1. The van der Waals surface area contributed by atoms with Crippen molar-refractivity contribution in [2.45, 2.75) is 17.7 Å². The van der Waals surface area contributed by atoms with E-state index in [-0.39, 0.29) is 35.1 Å². The molecular formula is C17H15N3O5S2. The van der Waals surface area contributed by atoms with Crippen molar-refractivity contribution >= 4 is 48.1 Å². The Morgan fingerprint density at radius 3 is 2.63 bits per heavy atom. The number of hydrogen-bond acceptors (Lipinski definition) is 7. The van der Waals surface area contributed by atoms with E-state index in [1.807, 2.05) is 0 Å². The quantitative estimate of drug-likeness (QED) is 0.475. The summed E-state index contributed by atoms with van der Waals surface area (Å²) in [6, 6.07) is 12.3. The molecule has 0 atom stereocenters. The van der Waals surface area contributed by atoms with Gasteiger partial charge >= 0.3 is 0 Å². The highest BCUT2D eigenvalue weighted by molar-refractivity contribution is 7.91. The number of sulfone groups is 1. The molecule has 0 spiro atoms. The van der Waals surface area contributed by atoms with Gasteiger partial charge in [0, 0.05) is 18.6 Å². The number of benzene rings is 2. The molecule has 10 heteroatoms. The molecule has 140 valence electrons. The molecule has 0 bridgehead atoms. The zero-order chi connectivity index (χ0) is 19.4. The van der Waals surface area contributed by atoms with E-state index in [1.165, 1.54) is 30.3 Å². The van der Waals surface area contributed by atoms with Gasteiger partial charge in [0.2, 0.25) is 5.91 Å². The summed E-state index contributed by atoms with van der Waals surface area (Å²) in [7, 11) is -3.42. The zero-order valence-corrected chi connectivity index (χ0v) is 15.6. The molecule has 0 aliphatic rings. The van der Waals surface area contributed by atoms with Crippen molar-refractivity contribution in [2.75, 3.05) is 11.1 Å². The van der Waals surface area contributed by atoms with Crippen LogP contribution in [0.3, 0.4) is 0 Å². The van der Waals surface area contributed by atoms with Gasteiger partial charge in [-0.1, -0.05) is 29.5 Å². The Kier molecular flexibility index (Phi) is 5.47. The van der Waals surface area contributed by atoms with Crippen LogP contribution in [0.4, 0.5) is 10.8 Å². The van der Waals surface area contributed by atoms with Gasteiger partial charge in [0.05, 0.1) is 25.8 Å². The molecule has 3 aromatic rings. The third kappa shape index (κ3) is 4.66. The number of carbonyl (C=O) groups is 1. The van der Waals surface area contributed by atoms with Gasteiger partial charge in [0.25, 0.3) is 5.69 Å². The number of nitrogens with one attached hydrogen (secondary N) is 1.